The van der Waals surface area contributed by atoms with Gasteiger partial charge in [-0.1, -0.05) is 43.2 Å². The van der Waals surface area contributed by atoms with Gasteiger partial charge in [0.05, 0.1) is 0 Å². The van der Waals surface area contributed by atoms with Crippen molar-refractivity contribution >= 4 is 29.1 Å². The fourth-order valence-corrected chi connectivity index (χ4v) is 3.58. The van der Waals surface area contributed by atoms with E-state index in [1.54, 1.807) is 0 Å². The molecule has 1 saturated heterocycles. The maximum Gasteiger partial charge on any atom is 0.433 e. The van der Waals surface area contributed by atoms with E-state index in [0.29, 0.717) is 19.6 Å². The minimum absolute atomic E-state index is 0.135. The van der Waals surface area contributed by atoms with Crippen LogP contribution < -0.4 is 15.5 Å². The molecule has 0 unspecified atom stereocenters. The maximum absolute atomic E-state index is 13.4. The summed E-state index contributed by atoms with van der Waals surface area (Å²) >= 11 is 5.23. The molecule has 2 N–H and O–H groups in total. The summed E-state index contributed by atoms with van der Waals surface area (Å²) in [7, 11) is 0. The second kappa shape index (κ2) is 10.6. The van der Waals surface area contributed by atoms with Crippen molar-refractivity contribution in [3.8, 4) is 0 Å². The third-order valence-corrected chi connectivity index (χ3v) is 5.18. The second-order valence-corrected chi connectivity index (χ2v) is 7.71. The Hall–Kier alpha value is -2.42. The summed E-state index contributed by atoms with van der Waals surface area (Å²) in [6.07, 6.45) is 1.21. The van der Waals surface area contributed by atoms with Gasteiger partial charge in [0.15, 0.2) is 10.8 Å². The van der Waals surface area contributed by atoms with Gasteiger partial charge in [-0.3, -0.25) is 0 Å². The summed E-state index contributed by atoms with van der Waals surface area (Å²) in [4.78, 5) is 9.84. The number of hydrogen-bond acceptors (Lipinski definition) is 4. The average Bonchev–Trinajstić information content (AvgIpc) is 3.01. The zero-order valence-electron chi connectivity index (χ0n) is 16.7. The van der Waals surface area contributed by atoms with Crippen LogP contribution in [0, 0.1) is 0 Å². The standard InChI is InChI=1S/C21H26F3N5S/c22-21(23,24)17-15-18(29-13-6-1-2-7-14-29)27-19(26-17)28-20(30)25-12-8-11-16-9-4-3-5-10-16/h3-5,9-10,15H,1-2,6-8,11-14H2,(H2,25,26,27,28,30). The van der Waals surface area contributed by atoms with Crippen LogP contribution in [0.5, 0.6) is 0 Å². The van der Waals surface area contributed by atoms with Gasteiger partial charge in [-0.15, -0.1) is 0 Å². The molecular weight excluding hydrogens is 411 g/mol. The van der Waals surface area contributed by atoms with Gasteiger partial charge < -0.3 is 15.5 Å². The highest BCUT2D eigenvalue weighted by Crippen LogP contribution is 2.31. The molecule has 2 heterocycles. The summed E-state index contributed by atoms with van der Waals surface area (Å²) < 4.78 is 40.1. The van der Waals surface area contributed by atoms with Crippen LogP contribution in [0.2, 0.25) is 0 Å². The first-order valence-electron chi connectivity index (χ1n) is 10.2. The monoisotopic (exact) mass is 437 g/mol. The molecule has 1 aliphatic heterocycles. The van der Waals surface area contributed by atoms with Crippen molar-refractivity contribution in [1.82, 2.24) is 15.3 Å². The smallest absolute Gasteiger partial charge is 0.362 e. The molecule has 5 nitrogen and oxygen atoms in total. The zero-order chi connectivity index (χ0) is 21.4. The van der Waals surface area contributed by atoms with Gasteiger partial charge in [0.1, 0.15) is 5.82 Å². The quantitative estimate of drug-likeness (QED) is 0.500. The largest absolute Gasteiger partial charge is 0.433 e. The molecule has 0 spiro atoms. The van der Waals surface area contributed by atoms with Crippen LogP contribution in [-0.2, 0) is 12.6 Å². The lowest BCUT2D eigenvalue weighted by molar-refractivity contribution is -0.141. The predicted molar refractivity (Wildman–Crippen MR) is 117 cm³/mol. The third kappa shape index (κ3) is 6.83. The van der Waals surface area contributed by atoms with Crippen LogP contribution in [0.1, 0.15) is 43.4 Å². The van der Waals surface area contributed by atoms with E-state index in [1.807, 2.05) is 23.1 Å². The van der Waals surface area contributed by atoms with E-state index in [4.69, 9.17) is 12.2 Å². The van der Waals surface area contributed by atoms with Gasteiger partial charge in [-0.2, -0.15) is 18.2 Å². The first-order valence-corrected chi connectivity index (χ1v) is 10.6. The number of alkyl halides is 3. The maximum atomic E-state index is 13.4. The van der Waals surface area contributed by atoms with E-state index >= 15 is 0 Å². The molecular formula is C21H26F3N5S. The molecule has 1 aliphatic rings. The molecule has 9 heteroatoms. The SMILES string of the molecule is FC(F)(F)c1cc(N2CCCCCC2)nc(NC(=S)NCCCc2ccccc2)n1. The Kier molecular flexibility index (Phi) is 7.84. The molecule has 1 aromatic carbocycles. The van der Waals surface area contributed by atoms with Gasteiger partial charge in [-0.25, -0.2) is 4.98 Å². The van der Waals surface area contributed by atoms with Crippen LogP contribution >= 0.6 is 12.2 Å². The summed E-state index contributed by atoms with van der Waals surface area (Å²) in [5.41, 5.74) is 0.257. The Bertz CT molecular complexity index is 821. The number of halogens is 3. The van der Waals surface area contributed by atoms with Crippen LogP contribution in [0.25, 0.3) is 0 Å². The zero-order valence-corrected chi connectivity index (χ0v) is 17.5. The molecule has 1 aromatic heterocycles. The first-order chi connectivity index (χ1) is 14.4. The van der Waals surface area contributed by atoms with E-state index in [0.717, 1.165) is 44.6 Å². The van der Waals surface area contributed by atoms with Gasteiger partial charge in [-0.05, 0) is 43.5 Å². The Morgan fingerprint density at radius 2 is 1.73 bits per heavy atom. The molecule has 0 saturated carbocycles. The van der Waals surface area contributed by atoms with Crippen molar-refractivity contribution in [2.45, 2.75) is 44.7 Å². The van der Waals surface area contributed by atoms with Gasteiger partial charge in [0.2, 0.25) is 5.95 Å². The number of aryl methyl sites for hydroxylation is 1. The number of hydrogen-bond donors (Lipinski definition) is 2. The highest BCUT2D eigenvalue weighted by atomic mass is 32.1. The van der Waals surface area contributed by atoms with Gasteiger partial charge in [0, 0.05) is 25.7 Å². The summed E-state index contributed by atoms with van der Waals surface area (Å²) in [6.45, 7) is 1.98. The average molecular weight is 438 g/mol. The number of benzene rings is 1. The van der Waals surface area contributed by atoms with Crippen LogP contribution in [0.3, 0.4) is 0 Å². The number of thiocarbonyl (C=S) groups is 1. The van der Waals surface area contributed by atoms with E-state index in [-0.39, 0.29) is 16.9 Å². The van der Waals surface area contributed by atoms with Crippen molar-refractivity contribution in [1.29, 1.82) is 0 Å². The fraction of sp³-hybridized carbons (Fsp3) is 0.476. The van der Waals surface area contributed by atoms with Crippen molar-refractivity contribution < 1.29 is 13.2 Å². The number of aromatic nitrogens is 2. The summed E-state index contributed by atoms with van der Waals surface area (Å²) in [5.74, 6) is 0.151. The number of nitrogens with one attached hydrogen (secondary N) is 2. The van der Waals surface area contributed by atoms with E-state index in [1.165, 1.54) is 5.56 Å². The molecule has 1 fully saturated rings. The Balaban J connectivity index is 1.61. The molecule has 30 heavy (non-hydrogen) atoms. The lowest BCUT2D eigenvalue weighted by atomic mass is 10.1. The lowest BCUT2D eigenvalue weighted by Crippen LogP contribution is -2.31. The van der Waals surface area contributed by atoms with Gasteiger partial charge in [0.25, 0.3) is 0 Å². The molecule has 162 valence electrons. The molecule has 0 atom stereocenters. The van der Waals surface area contributed by atoms with Crippen LogP contribution in [0.4, 0.5) is 24.9 Å². The van der Waals surface area contributed by atoms with E-state index < -0.39 is 11.9 Å². The second-order valence-electron chi connectivity index (χ2n) is 7.30. The van der Waals surface area contributed by atoms with Gasteiger partial charge >= 0.3 is 6.18 Å². The summed E-state index contributed by atoms with van der Waals surface area (Å²) in [6, 6.07) is 11.1. The van der Waals surface area contributed by atoms with E-state index in [9.17, 15) is 13.2 Å². The Morgan fingerprint density at radius 3 is 2.40 bits per heavy atom. The number of nitrogens with zero attached hydrogens (tertiary/aromatic N) is 3. The molecule has 0 aliphatic carbocycles. The highest BCUT2D eigenvalue weighted by Gasteiger charge is 2.34. The van der Waals surface area contributed by atoms with Crippen molar-refractivity contribution in [2.24, 2.45) is 0 Å². The fourth-order valence-electron chi connectivity index (χ4n) is 3.38. The van der Waals surface area contributed by atoms with Crippen molar-refractivity contribution in [3.63, 3.8) is 0 Å². The Labute approximate surface area is 180 Å². The summed E-state index contributed by atoms with van der Waals surface area (Å²) in [5, 5.41) is 5.95. The topological polar surface area (TPSA) is 53.1 Å². The van der Waals surface area contributed by atoms with Crippen LogP contribution in [-0.4, -0.2) is 34.7 Å². The molecule has 0 bridgehead atoms. The first kappa shape index (κ1) is 22.3. The van der Waals surface area contributed by atoms with Crippen LogP contribution in [0.15, 0.2) is 36.4 Å². The minimum Gasteiger partial charge on any atom is -0.362 e. The Morgan fingerprint density at radius 1 is 1.03 bits per heavy atom. The molecule has 0 amide bonds. The number of anilines is 2. The van der Waals surface area contributed by atoms with E-state index in [2.05, 4.69) is 32.7 Å². The normalized spacial score (nSPS) is 14.8. The molecule has 2 aromatic rings. The third-order valence-electron chi connectivity index (χ3n) is 4.93. The van der Waals surface area contributed by atoms with Crippen molar-refractivity contribution in [2.75, 3.05) is 29.9 Å². The molecule has 3 rings (SSSR count). The highest BCUT2D eigenvalue weighted by molar-refractivity contribution is 7.80. The molecule has 0 radical (unpaired) electrons. The predicted octanol–water partition coefficient (Wildman–Crippen LogP) is 4.80. The lowest BCUT2D eigenvalue weighted by Gasteiger charge is -2.23. The minimum atomic E-state index is -4.55. The number of rotatable bonds is 6. The van der Waals surface area contributed by atoms with Crippen molar-refractivity contribution in [3.05, 3.63) is 47.7 Å².